The zero-order chi connectivity index (χ0) is 20.5. The summed E-state index contributed by atoms with van der Waals surface area (Å²) in [6, 6.07) is 4.68. The molecular weight excluding hydrogens is 390 g/mol. The summed E-state index contributed by atoms with van der Waals surface area (Å²) in [6.07, 6.45) is 9.19. The van der Waals surface area contributed by atoms with E-state index in [-0.39, 0.29) is 0 Å². The standard InChI is InChI=1S/C24H29N5S/c1-14(2)20-21(17-8-15(3)23-26-13-27-29(23)10-17)28-18-9-19(30-22(18)20)16-4-6-24(7-5-16)11-25-12-24/h8-10,13-14,16,25,28H,4-7,11-12H2,1-3H3. The number of thiophene rings is 1. The monoisotopic (exact) mass is 419 g/mol. The van der Waals surface area contributed by atoms with Crippen molar-refractivity contribution in [3.05, 3.63) is 40.7 Å². The van der Waals surface area contributed by atoms with Crippen molar-refractivity contribution in [2.75, 3.05) is 13.1 Å². The first-order valence-corrected chi connectivity index (χ1v) is 12.0. The number of hydrogen-bond donors (Lipinski definition) is 2. The molecule has 1 aliphatic heterocycles. The van der Waals surface area contributed by atoms with Crippen molar-refractivity contribution in [1.82, 2.24) is 24.9 Å². The highest BCUT2D eigenvalue weighted by Gasteiger charge is 2.40. The maximum atomic E-state index is 4.37. The molecule has 6 rings (SSSR count). The van der Waals surface area contributed by atoms with Crippen LogP contribution >= 0.6 is 11.3 Å². The number of H-pyrrole nitrogens is 1. The Kier molecular flexibility index (Phi) is 4.12. The molecule has 0 amide bonds. The zero-order valence-electron chi connectivity index (χ0n) is 18.0. The number of aromatic amines is 1. The molecule has 4 aromatic rings. The van der Waals surface area contributed by atoms with Crippen LogP contribution in [0.3, 0.4) is 0 Å². The lowest BCUT2D eigenvalue weighted by Crippen LogP contribution is -2.54. The van der Waals surface area contributed by atoms with Crippen molar-refractivity contribution < 1.29 is 0 Å². The molecule has 1 aliphatic carbocycles. The van der Waals surface area contributed by atoms with Crippen LogP contribution in [0.15, 0.2) is 24.7 Å². The van der Waals surface area contributed by atoms with E-state index in [0.717, 1.165) is 17.1 Å². The molecule has 4 aromatic heterocycles. The molecule has 2 aliphatic rings. The Hall–Kier alpha value is -2.18. The lowest BCUT2D eigenvalue weighted by Gasteiger charge is -2.47. The van der Waals surface area contributed by atoms with E-state index in [2.05, 4.69) is 59.5 Å². The van der Waals surface area contributed by atoms with Crippen LogP contribution in [-0.2, 0) is 0 Å². The van der Waals surface area contributed by atoms with Crippen molar-refractivity contribution in [3.63, 3.8) is 0 Å². The largest absolute Gasteiger partial charge is 0.354 e. The summed E-state index contributed by atoms with van der Waals surface area (Å²) >= 11 is 2.03. The van der Waals surface area contributed by atoms with Crippen LogP contribution in [-0.4, -0.2) is 32.7 Å². The van der Waals surface area contributed by atoms with Crippen LogP contribution in [0.4, 0.5) is 0 Å². The van der Waals surface area contributed by atoms with Crippen LogP contribution in [0.2, 0.25) is 0 Å². The Morgan fingerprint density at radius 2 is 2.00 bits per heavy atom. The van der Waals surface area contributed by atoms with Gasteiger partial charge in [0.25, 0.3) is 0 Å². The summed E-state index contributed by atoms with van der Waals surface area (Å²) in [5.74, 6) is 1.20. The van der Waals surface area contributed by atoms with Crippen LogP contribution < -0.4 is 5.32 Å². The summed E-state index contributed by atoms with van der Waals surface area (Å²) in [5.41, 5.74) is 7.88. The molecular formula is C24H29N5S. The minimum absolute atomic E-state index is 0.461. The van der Waals surface area contributed by atoms with Crippen LogP contribution in [0.25, 0.3) is 27.1 Å². The van der Waals surface area contributed by atoms with Gasteiger partial charge in [-0.2, -0.15) is 5.10 Å². The van der Waals surface area contributed by atoms with Crippen molar-refractivity contribution in [1.29, 1.82) is 0 Å². The van der Waals surface area contributed by atoms with E-state index < -0.39 is 0 Å². The first-order valence-electron chi connectivity index (χ1n) is 11.2. The molecule has 1 saturated carbocycles. The molecule has 30 heavy (non-hydrogen) atoms. The lowest BCUT2D eigenvalue weighted by atomic mass is 9.67. The van der Waals surface area contributed by atoms with Gasteiger partial charge >= 0.3 is 0 Å². The second kappa shape index (κ2) is 6.66. The molecule has 0 radical (unpaired) electrons. The third-order valence-electron chi connectivity index (χ3n) is 7.40. The lowest BCUT2D eigenvalue weighted by molar-refractivity contribution is 0.0981. The fraction of sp³-hybridized carbons (Fsp3) is 0.500. The SMILES string of the molecule is Cc1cc(-c2[nH]c3cc(C4CCC5(CC4)CNC5)sc3c2C(C)C)cn2ncnc12. The predicted molar refractivity (Wildman–Crippen MR) is 123 cm³/mol. The number of nitrogens with zero attached hydrogens (tertiary/aromatic N) is 3. The van der Waals surface area contributed by atoms with E-state index in [1.165, 1.54) is 65.8 Å². The number of aromatic nitrogens is 4. The highest BCUT2D eigenvalue weighted by Crippen LogP contribution is 2.49. The fourth-order valence-corrected chi connectivity index (χ4v) is 7.06. The molecule has 5 heterocycles. The summed E-state index contributed by atoms with van der Waals surface area (Å²) < 4.78 is 3.33. The minimum atomic E-state index is 0.461. The van der Waals surface area contributed by atoms with Gasteiger partial charge in [0, 0.05) is 29.7 Å². The number of hydrogen-bond acceptors (Lipinski definition) is 4. The molecule has 156 valence electrons. The second-order valence-corrected chi connectivity index (χ2v) is 10.9. The summed E-state index contributed by atoms with van der Waals surface area (Å²) in [6.45, 7) is 9.20. The quantitative estimate of drug-likeness (QED) is 0.453. The summed E-state index contributed by atoms with van der Waals surface area (Å²) in [5, 5.41) is 7.86. The Bertz CT molecular complexity index is 1230. The smallest absolute Gasteiger partial charge is 0.158 e. The normalized spacial score (nSPS) is 19.3. The molecule has 1 saturated heterocycles. The summed E-state index contributed by atoms with van der Waals surface area (Å²) in [4.78, 5) is 9.73. The molecule has 6 heteroatoms. The Labute approximate surface area is 180 Å². The number of pyridine rings is 1. The van der Waals surface area contributed by atoms with Crippen molar-refractivity contribution in [2.45, 2.75) is 58.3 Å². The van der Waals surface area contributed by atoms with Gasteiger partial charge in [-0.05, 0) is 73.1 Å². The number of aryl methyl sites for hydroxylation is 1. The molecule has 5 nitrogen and oxygen atoms in total. The van der Waals surface area contributed by atoms with Gasteiger partial charge in [0.05, 0.1) is 15.9 Å². The van der Waals surface area contributed by atoms with Crippen molar-refractivity contribution in [3.8, 4) is 11.3 Å². The minimum Gasteiger partial charge on any atom is -0.354 e. The number of fused-ring (bicyclic) bond motifs is 2. The van der Waals surface area contributed by atoms with Crippen LogP contribution in [0, 0.1) is 12.3 Å². The van der Waals surface area contributed by atoms with Crippen molar-refractivity contribution in [2.24, 2.45) is 5.41 Å². The molecule has 1 spiro atoms. The number of nitrogens with one attached hydrogen (secondary N) is 2. The molecule has 2 fully saturated rings. The Morgan fingerprint density at radius 1 is 1.20 bits per heavy atom. The van der Waals surface area contributed by atoms with Gasteiger partial charge in [0.1, 0.15) is 6.33 Å². The van der Waals surface area contributed by atoms with E-state index in [9.17, 15) is 0 Å². The fourth-order valence-electron chi connectivity index (χ4n) is 5.58. The summed E-state index contributed by atoms with van der Waals surface area (Å²) in [7, 11) is 0. The van der Waals surface area contributed by atoms with E-state index in [1.54, 1.807) is 11.2 Å². The molecule has 2 N–H and O–H groups in total. The van der Waals surface area contributed by atoms with E-state index in [1.807, 2.05) is 15.9 Å². The average Bonchev–Trinajstić information content (AvgIpc) is 3.40. The zero-order valence-corrected chi connectivity index (χ0v) is 18.8. The predicted octanol–water partition coefficient (Wildman–Crippen LogP) is 5.62. The molecule has 0 atom stereocenters. The maximum absolute atomic E-state index is 4.37. The van der Waals surface area contributed by atoms with Crippen LogP contribution in [0.5, 0.6) is 0 Å². The van der Waals surface area contributed by atoms with E-state index in [0.29, 0.717) is 11.3 Å². The van der Waals surface area contributed by atoms with E-state index in [4.69, 9.17) is 0 Å². The Balaban J connectivity index is 1.39. The molecule has 0 bridgehead atoms. The second-order valence-electron chi connectivity index (χ2n) is 9.78. The first-order chi connectivity index (χ1) is 14.5. The average molecular weight is 420 g/mol. The topological polar surface area (TPSA) is 58.0 Å². The highest BCUT2D eigenvalue weighted by atomic mass is 32.1. The van der Waals surface area contributed by atoms with Crippen molar-refractivity contribution >= 4 is 27.2 Å². The Morgan fingerprint density at radius 3 is 2.70 bits per heavy atom. The van der Waals surface area contributed by atoms with Gasteiger partial charge in [0.15, 0.2) is 5.65 Å². The van der Waals surface area contributed by atoms with Crippen LogP contribution in [0.1, 0.15) is 67.4 Å². The van der Waals surface area contributed by atoms with Gasteiger partial charge in [-0.3, -0.25) is 0 Å². The highest BCUT2D eigenvalue weighted by molar-refractivity contribution is 7.19. The van der Waals surface area contributed by atoms with Gasteiger partial charge in [-0.15, -0.1) is 11.3 Å². The number of rotatable bonds is 3. The molecule has 0 unspecified atom stereocenters. The molecule has 0 aromatic carbocycles. The maximum Gasteiger partial charge on any atom is 0.158 e. The van der Waals surface area contributed by atoms with E-state index >= 15 is 0 Å². The van der Waals surface area contributed by atoms with Gasteiger partial charge < -0.3 is 10.3 Å². The third kappa shape index (κ3) is 2.77. The van der Waals surface area contributed by atoms with Gasteiger partial charge in [-0.1, -0.05) is 13.8 Å². The third-order valence-corrected chi connectivity index (χ3v) is 8.73. The van der Waals surface area contributed by atoms with Gasteiger partial charge in [-0.25, -0.2) is 9.50 Å². The van der Waals surface area contributed by atoms with Gasteiger partial charge in [0.2, 0.25) is 0 Å². The first kappa shape index (κ1) is 18.6.